The number of aryl methyl sites for hydroxylation is 1. The van der Waals surface area contributed by atoms with Crippen LogP contribution in [0.4, 0.5) is 0 Å². The molecule has 1 aliphatic carbocycles. The monoisotopic (exact) mass is 393 g/mol. The third-order valence-electron chi connectivity index (χ3n) is 6.52. The van der Waals surface area contributed by atoms with Crippen LogP contribution in [0.1, 0.15) is 63.8 Å². The molecule has 5 heteroatoms. The Bertz CT molecular complexity index is 873. The lowest BCUT2D eigenvalue weighted by Gasteiger charge is -2.34. The number of amides is 1. The lowest BCUT2D eigenvalue weighted by molar-refractivity contribution is 0.0624. The Morgan fingerprint density at radius 2 is 1.62 bits per heavy atom. The van der Waals surface area contributed by atoms with Crippen molar-refractivity contribution in [1.29, 1.82) is 0 Å². The fourth-order valence-corrected chi connectivity index (χ4v) is 4.94. The van der Waals surface area contributed by atoms with Gasteiger partial charge in [-0.05, 0) is 44.9 Å². The number of nitrogens with zero attached hydrogens (tertiary/aromatic N) is 3. The maximum absolute atomic E-state index is 13.0. The highest BCUT2D eigenvalue weighted by Crippen LogP contribution is 2.33. The normalized spacial score (nSPS) is 18.3. The summed E-state index contributed by atoms with van der Waals surface area (Å²) >= 11 is 0. The van der Waals surface area contributed by atoms with Gasteiger partial charge in [0.05, 0.1) is 6.54 Å². The first-order chi connectivity index (χ1) is 14.0. The summed E-state index contributed by atoms with van der Waals surface area (Å²) in [7, 11) is 0. The Kier molecular flexibility index (Phi) is 5.86. The van der Waals surface area contributed by atoms with Gasteiger partial charge in [-0.2, -0.15) is 0 Å². The molecular weight excluding hydrogens is 362 g/mol. The lowest BCUT2D eigenvalue weighted by atomic mass is 10.1. The Morgan fingerprint density at radius 1 is 0.966 bits per heavy atom. The maximum Gasteiger partial charge on any atom is 0.253 e. The maximum atomic E-state index is 13.0. The molecule has 2 aromatic rings. The predicted molar refractivity (Wildman–Crippen MR) is 115 cm³/mol. The van der Waals surface area contributed by atoms with Crippen LogP contribution in [0.25, 0.3) is 0 Å². The van der Waals surface area contributed by atoms with Crippen LogP contribution in [0.5, 0.6) is 0 Å². The van der Waals surface area contributed by atoms with Crippen molar-refractivity contribution in [1.82, 2.24) is 14.4 Å². The molecule has 29 heavy (non-hydrogen) atoms. The van der Waals surface area contributed by atoms with E-state index < -0.39 is 0 Å². The number of benzene rings is 1. The molecule has 1 saturated carbocycles. The van der Waals surface area contributed by atoms with Gasteiger partial charge in [-0.25, -0.2) is 0 Å². The smallest absolute Gasteiger partial charge is 0.253 e. The number of carbonyl (C=O) groups excluding carboxylic acids is 2. The molecule has 2 fully saturated rings. The molecule has 0 radical (unpaired) electrons. The van der Waals surface area contributed by atoms with E-state index in [0.29, 0.717) is 25.7 Å². The topological polar surface area (TPSA) is 45.6 Å². The zero-order valence-corrected chi connectivity index (χ0v) is 17.6. The van der Waals surface area contributed by atoms with E-state index in [1.54, 1.807) is 0 Å². The van der Waals surface area contributed by atoms with Crippen molar-refractivity contribution in [3.8, 4) is 0 Å². The standard InChI is InChI=1S/C24H31N3O2/c1-18-16-22(19(2)27(18)21-10-6-7-11-21)23(28)17-25-12-14-26(15-13-25)24(29)20-8-4-3-5-9-20/h3-5,8-9,16,21H,6-7,10-15,17H2,1-2H3. The summed E-state index contributed by atoms with van der Waals surface area (Å²) in [6, 6.07) is 12.1. The van der Waals surface area contributed by atoms with Gasteiger partial charge < -0.3 is 9.47 Å². The lowest BCUT2D eigenvalue weighted by Crippen LogP contribution is -2.49. The average molecular weight is 394 g/mol. The first kappa shape index (κ1) is 19.9. The van der Waals surface area contributed by atoms with Crippen LogP contribution in [0, 0.1) is 13.8 Å². The van der Waals surface area contributed by atoms with Crippen LogP contribution >= 0.6 is 0 Å². The van der Waals surface area contributed by atoms with Gasteiger partial charge in [0.2, 0.25) is 0 Å². The largest absolute Gasteiger partial charge is 0.345 e. The van der Waals surface area contributed by atoms with Gasteiger partial charge in [0.15, 0.2) is 5.78 Å². The van der Waals surface area contributed by atoms with Crippen LogP contribution in [0.15, 0.2) is 36.4 Å². The van der Waals surface area contributed by atoms with E-state index in [2.05, 4.69) is 29.4 Å². The van der Waals surface area contributed by atoms with Crippen molar-refractivity contribution in [2.75, 3.05) is 32.7 Å². The number of aromatic nitrogens is 1. The number of rotatable bonds is 5. The summed E-state index contributed by atoms with van der Waals surface area (Å²) in [5, 5.41) is 0. The molecule has 0 N–H and O–H groups in total. The molecule has 2 heterocycles. The fourth-order valence-electron chi connectivity index (χ4n) is 4.94. The van der Waals surface area contributed by atoms with Crippen LogP contribution in [0.2, 0.25) is 0 Å². The quantitative estimate of drug-likeness (QED) is 0.725. The highest BCUT2D eigenvalue weighted by Gasteiger charge is 2.26. The van der Waals surface area contributed by atoms with E-state index in [1.165, 1.54) is 31.4 Å². The van der Waals surface area contributed by atoms with Crippen LogP contribution in [-0.2, 0) is 0 Å². The third-order valence-corrected chi connectivity index (χ3v) is 6.52. The molecular formula is C24H31N3O2. The molecule has 4 rings (SSSR count). The van der Waals surface area contributed by atoms with Gasteiger partial charge >= 0.3 is 0 Å². The summed E-state index contributed by atoms with van der Waals surface area (Å²) in [5.41, 5.74) is 3.93. The minimum atomic E-state index is 0.0803. The van der Waals surface area contributed by atoms with Crippen LogP contribution < -0.4 is 0 Å². The number of carbonyl (C=O) groups is 2. The second-order valence-electron chi connectivity index (χ2n) is 8.45. The average Bonchev–Trinajstić information content (AvgIpc) is 3.36. The van der Waals surface area contributed by atoms with Crippen molar-refractivity contribution >= 4 is 11.7 Å². The Hall–Kier alpha value is -2.40. The molecule has 0 spiro atoms. The second-order valence-corrected chi connectivity index (χ2v) is 8.45. The van der Waals surface area contributed by atoms with Gasteiger partial charge in [0, 0.05) is 54.7 Å². The molecule has 2 aliphatic rings. The third kappa shape index (κ3) is 4.15. The fraction of sp³-hybridized carbons (Fsp3) is 0.500. The summed E-state index contributed by atoms with van der Waals surface area (Å²) in [5.74, 6) is 0.280. The van der Waals surface area contributed by atoms with Crippen molar-refractivity contribution < 1.29 is 9.59 Å². The Balaban J connectivity index is 1.36. The minimum Gasteiger partial charge on any atom is -0.345 e. The Labute approximate surface area is 173 Å². The number of hydrogen-bond acceptors (Lipinski definition) is 3. The van der Waals surface area contributed by atoms with E-state index in [-0.39, 0.29) is 11.7 Å². The van der Waals surface area contributed by atoms with E-state index in [0.717, 1.165) is 29.9 Å². The van der Waals surface area contributed by atoms with Crippen molar-refractivity contribution in [3.05, 3.63) is 58.9 Å². The summed E-state index contributed by atoms with van der Waals surface area (Å²) in [6.07, 6.45) is 5.02. The van der Waals surface area contributed by atoms with Gasteiger partial charge in [-0.3, -0.25) is 14.5 Å². The number of Topliss-reactive ketones (excluding diaryl/α,β-unsaturated/α-hetero) is 1. The first-order valence-corrected chi connectivity index (χ1v) is 10.8. The molecule has 1 saturated heterocycles. The number of piperazine rings is 1. The van der Waals surface area contributed by atoms with Crippen molar-refractivity contribution in [2.45, 2.75) is 45.6 Å². The molecule has 1 aliphatic heterocycles. The predicted octanol–water partition coefficient (Wildman–Crippen LogP) is 3.86. The number of ketones is 1. The molecule has 1 amide bonds. The van der Waals surface area contributed by atoms with E-state index in [4.69, 9.17) is 0 Å². The first-order valence-electron chi connectivity index (χ1n) is 10.8. The summed E-state index contributed by atoms with van der Waals surface area (Å²) in [6.45, 7) is 7.47. The molecule has 0 atom stereocenters. The highest BCUT2D eigenvalue weighted by atomic mass is 16.2. The molecule has 1 aromatic carbocycles. The zero-order valence-electron chi connectivity index (χ0n) is 17.6. The van der Waals surface area contributed by atoms with Gasteiger partial charge in [-0.15, -0.1) is 0 Å². The van der Waals surface area contributed by atoms with Crippen LogP contribution in [0.3, 0.4) is 0 Å². The summed E-state index contributed by atoms with van der Waals surface area (Å²) < 4.78 is 2.39. The Morgan fingerprint density at radius 3 is 2.28 bits per heavy atom. The van der Waals surface area contributed by atoms with E-state index in [9.17, 15) is 9.59 Å². The minimum absolute atomic E-state index is 0.0803. The zero-order chi connectivity index (χ0) is 20.4. The molecule has 0 unspecified atom stereocenters. The molecule has 1 aromatic heterocycles. The van der Waals surface area contributed by atoms with Crippen LogP contribution in [-0.4, -0.2) is 58.8 Å². The number of hydrogen-bond donors (Lipinski definition) is 0. The molecule has 154 valence electrons. The molecule has 0 bridgehead atoms. The summed E-state index contributed by atoms with van der Waals surface area (Å²) in [4.78, 5) is 29.7. The van der Waals surface area contributed by atoms with Gasteiger partial charge in [0.1, 0.15) is 0 Å². The SMILES string of the molecule is Cc1cc(C(=O)CN2CCN(C(=O)c3ccccc3)CC2)c(C)n1C1CCCC1. The van der Waals surface area contributed by atoms with Gasteiger partial charge in [0.25, 0.3) is 5.91 Å². The van der Waals surface area contributed by atoms with Gasteiger partial charge in [-0.1, -0.05) is 31.0 Å². The van der Waals surface area contributed by atoms with Crippen molar-refractivity contribution in [3.63, 3.8) is 0 Å². The van der Waals surface area contributed by atoms with E-state index >= 15 is 0 Å². The van der Waals surface area contributed by atoms with Crippen molar-refractivity contribution in [2.24, 2.45) is 0 Å². The second kappa shape index (κ2) is 8.54. The van der Waals surface area contributed by atoms with E-state index in [1.807, 2.05) is 35.2 Å². The highest BCUT2D eigenvalue weighted by molar-refractivity contribution is 5.99. The molecule has 5 nitrogen and oxygen atoms in total.